The van der Waals surface area contributed by atoms with E-state index in [0.717, 1.165) is 29.5 Å². The summed E-state index contributed by atoms with van der Waals surface area (Å²) < 4.78 is 0.649. The Hall–Kier alpha value is -2.67. The van der Waals surface area contributed by atoms with Crippen LogP contribution in [0.1, 0.15) is 32.3 Å². The Morgan fingerprint density at radius 3 is 2.76 bits per heavy atom. The number of fused-ring (bicyclic) bond motifs is 1. The second-order valence-electron chi connectivity index (χ2n) is 8.01. The number of amides is 1. The van der Waals surface area contributed by atoms with Gasteiger partial charge in [0.05, 0.1) is 5.52 Å². The number of carbonyl (C=O) groups is 1. The number of aromatic amines is 1. The van der Waals surface area contributed by atoms with Gasteiger partial charge in [0, 0.05) is 36.0 Å². The predicted molar refractivity (Wildman–Crippen MR) is 119 cm³/mol. The van der Waals surface area contributed by atoms with E-state index in [1.807, 2.05) is 25.3 Å². The topological polar surface area (TPSA) is 78.1 Å². The molecule has 1 fully saturated rings. The Morgan fingerprint density at radius 2 is 2.07 bits per heavy atom. The van der Waals surface area contributed by atoms with Gasteiger partial charge in [-0.2, -0.15) is 0 Å². The minimum atomic E-state index is -0.103. The van der Waals surface area contributed by atoms with Gasteiger partial charge in [-0.3, -0.25) is 14.6 Å². The van der Waals surface area contributed by atoms with Crippen molar-refractivity contribution in [2.45, 2.75) is 39.7 Å². The minimum absolute atomic E-state index is 0.0214. The Kier molecular flexibility index (Phi) is 5.41. The Labute approximate surface area is 174 Å². The molecule has 0 radical (unpaired) electrons. The van der Waals surface area contributed by atoms with Crippen LogP contribution in [0, 0.1) is 12.8 Å². The van der Waals surface area contributed by atoms with Crippen LogP contribution >= 0.6 is 11.3 Å². The molecule has 0 spiro atoms. The molecule has 0 atom stereocenters. The summed E-state index contributed by atoms with van der Waals surface area (Å²) in [5.41, 5.74) is 3.89. The first-order valence-corrected chi connectivity index (χ1v) is 10.9. The second-order valence-corrected chi connectivity index (χ2v) is 8.89. The van der Waals surface area contributed by atoms with E-state index in [1.165, 1.54) is 16.9 Å². The molecule has 0 bridgehead atoms. The third kappa shape index (κ3) is 4.05. The van der Waals surface area contributed by atoms with Crippen LogP contribution in [-0.4, -0.2) is 35.0 Å². The van der Waals surface area contributed by atoms with Gasteiger partial charge in [-0.05, 0) is 39.2 Å². The first kappa shape index (κ1) is 19.6. The molecule has 3 aromatic rings. The van der Waals surface area contributed by atoms with Gasteiger partial charge in [0.2, 0.25) is 11.9 Å². The highest BCUT2D eigenvalue weighted by Crippen LogP contribution is 2.32. The van der Waals surface area contributed by atoms with Crippen molar-refractivity contribution in [1.29, 1.82) is 0 Å². The molecular formula is C22H26N4O2S. The van der Waals surface area contributed by atoms with Crippen molar-refractivity contribution in [1.82, 2.24) is 15.3 Å². The maximum atomic E-state index is 12.7. The molecule has 2 N–H and O–H groups in total. The van der Waals surface area contributed by atoms with E-state index < -0.39 is 0 Å². The minimum Gasteiger partial charge on any atom is -0.354 e. The Morgan fingerprint density at radius 1 is 1.31 bits per heavy atom. The van der Waals surface area contributed by atoms with Crippen molar-refractivity contribution in [3.63, 3.8) is 0 Å². The van der Waals surface area contributed by atoms with Crippen molar-refractivity contribution in [2.24, 2.45) is 5.92 Å². The van der Waals surface area contributed by atoms with Crippen molar-refractivity contribution in [3.05, 3.63) is 45.6 Å². The number of H-pyrrole nitrogens is 1. The summed E-state index contributed by atoms with van der Waals surface area (Å²) >= 11 is 1.43. The third-order valence-electron chi connectivity index (χ3n) is 5.34. The number of nitrogens with zero attached hydrogens (tertiary/aromatic N) is 2. The number of hydrogen-bond donors (Lipinski definition) is 2. The summed E-state index contributed by atoms with van der Waals surface area (Å²) in [5, 5.41) is 5.01. The maximum Gasteiger partial charge on any atom is 0.270 e. The lowest BCUT2D eigenvalue weighted by atomic mass is 9.96. The van der Waals surface area contributed by atoms with Crippen LogP contribution in [0.25, 0.3) is 21.3 Å². The highest BCUT2D eigenvalue weighted by atomic mass is 32.1. The van der Waals surface area contributed by atoms with E-state index in [1.54, 1.807) is 0 Å². The van der Waals surface area contributed by atoms with E-state index in [9.17, 15) is 9.59 Å². The van der Waals surface area contributed by atoms with E-state index in [-0.39, 0.29) is 23.4 Å². The molecule has 152 valence electrons. The summed E-state index contributed by atoms with van der Waals surface area (Å²) in [5.74, 6) is 0.738. The SMILES string of the molecule is Cc1cccc(-c2csc3c(=O)[nH]c(N4CCC(C(=O)NC(C)C)CC4)nc23)c1. The predicted octanol–water partition coefficient (Wildman–Crippen LogP) is 3.70. The Balaban J connectivity index is 1.60. The molecule has 0 saturated carbocycles. The van der Waals surface area contributed by atoms with Crippen LogP contribution in [0.4, 0.5) is 5.95 Å². The monoisotopic (exact) mass is 410 g/mol. The van der Waals surface area contributed by atoms with E-state index in [4.69, 9.17) is 4.98 Å². The Bertz CT molecular complexity index is 1090. The summed E-state index contributed by atoms with van der Waals surface area (Å²) in [4.78, 5) is 34.8. The van der Waals surface area contributed by atoms with E-state index in [0.29, 0.717) is 23.7 Å². The van der Waals surface area contributed by atoms with Gasteiger partial charge < -0.3 is 10.2 Å². The van der Waals surface area contributed by atoms with Crippen LogP contribution < -0.4 is 15.8 Å². The quantitative estimate of drug-likeness (QED) is 0.687. The largest absolute Gasteiger partial charge is 0.354 e. The molecule has 1 amide bonds. The number of nitrogens with one attached hydrogen (secondary N) is 2. The average Bonchev–Trinajstić information content (AvgIpc) is 3.12. The van der Waals surface area contributed by atoms with Crippen LogP contribution in [0.15, 0.2) is 34.4 Å². The fourth-order valence-electron chi connectivity index (χ4n) is 3.84. The molecule has 4 rings (SSSR count). The molecule has 7 heteroatoms. The van der Waals surface area contributed by atoms with Gasteiger partial charge in [-0.15, -0.1) is 11.3 Å². The summed E-state index contributed by atoms with van der Waals surface area (Å²) in [7, 11) is 0. The number of hydrogen-bond acceptors (Lipinski definition) is 5. The first-order valence-electron chi connectivity index (χ1n) is 10.1. The summed E-state index contributed by atoms with van der Waals surface area (Å²) in [6.45, 7) is 7.42. The van der Waals surface area contributed by atoms with Crippen LogP contribution in [0.3, 0.4) is 0 Å². The lowest BCUT2D eigenvalue weighted by Gasteiger charge is -2.32. The molecule has 3 heterocycles. The molecule has 6 nitrogen and oxygen atoms in total. The van der Waals surface area contributed by atoms with Crippen molar-refractivity contribution < 1.29 is 4.79 Å². The molecule has 2 aromatic heterocycles. The number of aromatic nitrogens is 2. The van der Waals surface area contributed by atoms with Gasteiger partial charge in [0.1, 0.15) is 4.70 Å². The highest BCUT2D eigenvalue weighted by Gasteiger charge is 2.27. The molecule has 1 aliphatic heterocycles. The molecule has 0 unspecified atom stereocenters. The maximum absolute atomic E-state index is 12.7. The highest BCUT2D eigenvalue weighted by molar-refractivity contribution is 7.17. The zero-order valence-electron chi connectivity index (χ0n) is 17.0. The normalized spacial score (nSPS) is 15.2. The van der Waals surface area contributed by atoms with Crippen molar-refractivity contribution >= 4 is 33.4 Å². The fourth-order valence-corrected chi connectivity index (χ4v) is 4.75. The summed E-state index contributed by atoms with van der Waals surface area (Å²) in [6.07, 6.45) is 1.52. The zero-order chi connectivity index (χ0) is 20.5. The number of thiophene rings is 1. The molecular weight excluding hydrogens is 384 g/mol. The molecule has 0 aliphatic carbocycles. The van der Waals surface area contributed by atoms with Gasteiger partial charge in [0.25, 0.3) is 5.56 Å². The van der Waals surface area contributed by atoms with Crippen molar-refractivity contribution in [2.75, 3.05) is 18.0 Å². The number of rotatable bonds is 4. The van der Waals surface area contributed by atoms with E-state index >= 15 is 0 Å². The van der Waals surface area contributed by atoms with E-state index in [2.05, 4.69) is 40.3 Å². The lowest BCUT2D eigenvalue weighted by molar-refractivity contribution is -0.126. The number of piperidine rings is 1. The molecule has 1 saturated heterocycles. The third-order valence-corrected chi connectivity index (χ3v) is 6.31. The van der Waals surface area contributed by atoms with Crippen molar-refractivity contribution in [3.8, 4) is 11.1 Å². The fraction of sp³-hybridized carbons (Fsp3) is 0.409. The standard InChI is InChI=1S/C22H26N4O2S/c1-13(2)23-20(27)15-7-9-26(10-8-15)22-24-18-17(12-29-19(18)21(28)25-22)16-6-4-5-14(3)11-16/h4-6,11-13,15H,7-10H2,1-3H3,(H,23,27)(H,24,25,28). The van der Waals surface area contributed by atoms with Crippen LogP contribution in [0.2, 0.25) is 0 Å². The second kappa shape index (κ2) is 7.99. The number of carbonyl (C=O) groups excluding carboxylic acids is 1. The molecule has 1 aliphatic rings. The smallest absolute Gasteiger partial charge is 0.270 e. The average molecular weight is 411 g/mol. The van der Waals surface area contributed by atoms with Gasteiger partial charge in [-0.1, -0.05) is 29.8 Å². The molecule has 29 heavy (non-hydrogen) atoms. The van der Waals surface area contributed by atoms with Gasteiger partial charge in [0.15, 0.2) is 0 Å². The zero-order valence-corrected chi connectivity index (χ0v) is 17.8. The van der Waals surface area contributed by atoms with Crippen LogP contribution in [-0.2, 0) is 4.79 Å². The lowest BCUT2D eigenvalue weighted by Crippen LogP contribution is -2.43. The molecule has 1 aromatic carbocycles. The van der Waals surface area contributed by atoms with Gasteiger partial charge in [-0.25, -0.2) is 4.98 Å². The number of benzene rings is 1. The number of anilines is 1. The van der Waals surface area contributed by atoms with Gasteiger partial charge >= 0.3 is 0 Å². The summed E-state index contributed by atoms with van der Waals surface area (Å²) in [6, 6.07) is 8.40. The number of aryl methyl sites for hydroxylation is 1. The first-order chi connectivity index (χ1) is 13.9. The van der Waals surface area contributed by atoms with Crippen LogP contribution in [0.5, 0.6) is 0 Å².